The molecule has 0 N–H and O–H groups in total. The number of oxime groups is 1. The molecule has 0 spiro atoms. The van der Waals surface area contributed by atoms with Crippen LogP contribution in [0.3, 0.4) is 0 Å². The highest BCUT2D eigenvalue weighted by atomic mass is 35.5. The third-order valence-corrected chi connectivity index (χ3v) is 4.34. The summed E-state index contributed by atoms with van der Waals surface area (Å²) in [6.07, 6.45) is 1.45. The van der Waals surface area contributed by atoms with Crippen LogP contribution in [0.1, 0.15) is 17.5 Å². The molecule has 6 heteroatoms. The minimum Gasteiger partial charge on any atom is -0.493 e. The van der Waals surface area contributed by atoms with Crippen LogP contribution in [0.2, 0.25) is 5.02 Å². The van der Waals surface area contributed by atoms with E-state index in [4.69, 9.17) is 30.6 Å². The van der Waals surface area contributed by atoms with E-state index in [-0.39, 0.29) is 12.9 Å². The van der Waals surface area contributed by atoms with Crippen molar-refractivity contribution < 1.29 is 19.0 Å². The summed E-state index contributed by atoms with van der Waals surface area (Å²) in [6, 6.07) is 11.5. The Morgan fingerprint density at radius 2 is 2.04 bits per heavy atom. The molecule has 1 atom stereocenters. The van der Waals surface area contributed by atoms with Crippen molar-refractivity contribution in [3.8, 4) is 17.2 Å². The molecule has 0 saturated carbocycles. The number of methoxy groups -OCH3 is 1. The lowest BCUT2D eigenvalue weighted by atomic mass is 10.00. The molecule has 5 nitrogen and oxygen atoms in total. The molecule has 2 aromatic carbocycles. The van der Waals surface area contributed by atoms with Crippen molar-refractivity contribution in [2.45, 2.75) is 18.9 Å². The van der Waals surface area contributed by atoms with Crippen molar-refractivity contribution in [2.24, 2.45) is 5.16 Å². The quantitative estimate of drug-likeness (QED) is 0.845. The third-order valence-electron chi connectivity index (χ3n) is 4.09. The van der Waals surface area contributed by atoms with Crippen LogP contribution in [0.4, 0.5) is 0 Å². The Hall–Kier alpha value is -2.40. The molecule has 24 heavy (non-hydrogen) atoms. The molecule has 2 aliphatic heterocycles. The van der Waals surface area contributed by atoms with Gasteiger partial charge in [0.05, 0.1) is 12.8 Å². The average molecular weight is 346 g/mol. The number of rotatable bonds is 4. The van der Waals surface area contributed by atoms with E-state index in [1.54, 1.807) is 7.11 Å². The fourth-order valence-corrected chi connectivity index (χ4v) is 3.04. The van der Waals surface area contributed by atoms with Crippen molar-refractivity contribution in [1.29, 1.82) is 0 Å². The zero-order valence-electron chi connectivity index (χ0n) is 13.1. The van der Waals surface area contributed by atoms with Gasteiger partial charge in [-0.3, -0.25) is 0 Å². The monoisotopic (exact) mass is 345 g/mol. The second-order valence-corrected chi connectivity index (χ2v) is 6.15. The molecule has 124 valence electrons. The van der Waals surface area contributed by atoms with Crippen molar-refractivity contribution in [3.63, 3.8) is 0 Å². The summed E-state index contributed by atoms with van der Waals surface area (Å²) in [5, 5.41) is 4.93. The molecule has 2 aliphatic rings. The van der Waals surface area contributed by atoms with E-state index < -0.39 is 0 Å². The summed E-state index contributed by atoms with van der Waals surface area (Å²) in [4.78, 5) is 5.59. The lowest BCUT2D eigenvalue weighted by molar-refractivity contribution is 0.0858. The van der Waals surface area contributed by atoms with Gasteiger partial charge >= 0.3 is 0 Å². The van der Waals surface area contributed by atoms with Gasteiger partial charge in [0.25, 0.3) is 0 Å². The second-order valence-electron chi connectivity index (χ2n) is 5.71. The van der Waals surface area contributed by atoms with Crippen molar-refractivity contribution in [3.05, 3.63) is 52.5 Å². The molecule has 0 amide bonds. The molecule has 2 heterocycles. The predicted molar refractivity (Wildman–Crippen MR) is 90.3 cm³/mol. The van der Waals surface area contributed by atoms with Crippen LogP contribution in [0.5, 0.6) is 17.2 Å². The molecule has 0 radical (unpaired) electrons. The third kappa shape index (κ3) is 2.87. The minimum atomic E-state index is -0.0132. The molecule has 4 rings (SSSR count). The van der Waals surface area contributed by atoms with Crippen LogP contribution >= 0.6 is 11.6 Å². The maximum absolute atomic E-state index is 5.92. The minimum absolute atomic E-state index is 0.0132. The largest absolute Gasteiger partial charge is 0.493 e. The van der Waals surface area contributed by atoms with Crippen LogP contribution in [-0.4, -0.2) is 25.7 Å². The highest BCUT2D eigenvalue weighted by Crippen LogP contribution is 2.42. The van der Waals surface area contributed by atoms with Gasteiger partial charge < -0.3 is 19.0 Å². The fourth-order valence-electron chi connectivity index (χ4n) is 2.92. The van der Waals surface area contributed by atoms with E-state index in [1.807, 2.05) is 36.4 Å². The zero-order valence-corrected chi connectivity index (χ0v) is 13.9. The first-order chi connectivity index (χ1) is 11.7. The van der Waals surface area contributed by atoms with Crippen LogP contribution in [0, 0.1) is 0 Å². The van der Waals surface area contributed by atoms with Gasteiger partial charge in [0, 0.05) is 17.9 Å². The average Bonchev–Trinajstić information content (AvgIpc) is 3.24. The van der Waals surface area contributed by atoms with E-state index in [1.165, 1.54) is 0 Å². The first kappa shape index (κ1) is 15.1. The first-order valence-corrected chi connectivity index (χ1v) is 8.06. The van der Waals surface area contributed by atoms with Crippen LogP contribution in [0.15, 0.2) is 41.6 Å². The number of halogens is 1. The number of hydrogen-bond donors (Lipinski definition) is 0. The van der Waals surface area contributed by atoms with E-state index in [0.717, 1.165) is 23.3 Å². The fraction of sp³-hybridized carbons (Fsp3) is 0.278. The molecule has 0 aromatic heterocycles. The van der Waals surface area contributed by atoms with Crippen LogP contribution in [-0.2, 0) is 11.3 Å². The molecule has 0 unspecified atom stereocenters. The Morgan fingerprint density at radius 3 is 2.83 bits per heavy atom. The Labute approximate surface area is 144 Å². The molecular weight excluding hydrogens is 330 g/mol. The Bertz CT molecular complexity index is 788. The summed E-state index contributed by atoms with van der Waals surface area (Å²) in [6.45, 7) is 0.221. The Morgan fingerprint density at radius 1 is 1.21 bits per heavy atom. The van der Waals surface area contributed by atoms with E-state index in [9.17, 15) is 0 Å². The van der Waals surface area contributed by atoms with Gasteiger partial charge in [0.1, 0.15) is 6.10 Å². The first-order valence-electron chi connectivity index (χ1n) is 7.68. The number of nitrogens with zero attached hydrogens (tertiary/aromatic N) is 1. The summed E-state index contributed by atoms with van der Waals surface area (Å²) < 4.78 is 16.3. The molecule has 0 aliphatic carbocycles. The van der Waals surface area contributed by atoms with Crippen molar-refractivity contribution in [2.75, 3.05) is 13.9 Å². The van der Waals surface area contributed by atoms with Gasteiger partial charge in [-0.25, -0.2) is 0 Å². The number of fused-ring (bicyclic) bond motifs is 1. The SMILES string of the molecule is COc1cc(C[C@H]2CC(c3ccc(Cl)cc3)=NO2)cc2c1OCO2. The smallest absolute Gasteiger partial charge is 0.231 e. The second kappa shape index (κ2) is 6.24. The van der Waals surface area contributed by atoms with Crippen LogP contribution in [0.25, 0.3) is 0 Å². The number of hydrogen-bond acceptors (Lipinski definition) is 5. The highest BCUT2D eigenvalue weighted by Gasteiger charge is 2.25. The van der Waals surface area contributed by atoms with Gasteiger partial charge in [-0.15, -0.1) is 0 Å². The van der Waals surface area contributed by atoms with Gasteiger partial charge in [-0.05, 0) is 35.4 Å². The topological polar surface area (TPSA) is 49.3 Å². The standard InChI is InChI=1S/C18H16ClNO4/c1-21-16-7-11(8-17-18(16)23-10-22-17)6-14-9-15(20-24-14)12-2-4-13(19)5-3-12/h2-5,7-8,14H,6,9-10H2,1H3/t14-/m0/s1. The molecule has 0 saturated heterocycles. The number of benzene rings is 2. The van der Waals surface area contributed by atoms with Crippen molar-refractivity contribution in [1.82, 2.24) is 0 Å². The van der Waals surface area contributed by atoms with Crippen molar-refractivity contribution >= 4 is 17.3 Å². The van der Waals surface area contributed by atoms with Gasteiger partial charge in [0.15, 0.2) is 11.5 Å². The highest BCUT2D eigenvalue weighted by molar-refractivity contribution is 6.30. The number of ether oxygens (including phenoxy) is 3. The normalized spacial score (nSPS) is 18.2. The van der Waals surface area contributed by atoms with Gasteiger partial charge in [-0.1, -0.05) is 28.9 Å². The van der Waals surface area contributed by atoms with E-state index >= 15 is 0 Å². The maximum Gasteiger partial charge on any atom is 0.231 e. The Kier molecular flexibility index (Phi) is 3.94. The van der Waals surface area contributed by atoms with E-state index in [2.05, 4.69) is 5.16 Å². The molecule has 2 aromatic rings. The zero-order chi connectivity index (χ0) is 16.5. The van der Waals surface area contributed by atoms with Crippen LogP contribution < -0.4 is 14.2 Å². The summed E-state index contributed by atoms with van der Waals surface area (Å²) in [5.74, 6) is 2.05. The molecule has 0 bridgehead atoms. The summed E-state index contributed by atoms with van der Waals surface area (Å²) in [5.41, 5.74) is 3.03. The molecule has 0 fully saturated rings. The lowest BCUT2D eigenvalue weighted by Gasteiger charge is -2.11. The Balaban J connectivity index is 1.47. The van der Waals surface area contributed by atoms with E-state index in [0.29, 0.717) is 28.7 Å². The summed E-state index contributed by atoms with van der Waals surface area (Å²) >= 11 is 5.92. The lowest BCUT2D eigenvalue weighted by Crippen LogP contribution is -2.12. The van der Waals surface area contributed by atoms with Gasteiger partial charge in [-0.2, -0.15) is 0 Å². The summed E-state index contributed by atoms with van der Waals surface area (Å²) in [7, 11) is 1.62. The maximum atomic E-state index is 5.92. The predicted octanol–water partition coefficient (Wildman–Crippen LogP) is 3.81. The van der Waals surface area contributed by atoms with Gasteiger partial charge in [0.2, 0.25) is 12.5 Å². The molecular formula is C18H16ClNO4.